The number of hydrogen-bond acceptors (Lipinski definition) is 6. The number of ether oxygens (including phenoxy) is 1. The third-order valence-electron chi connectivity index (χ3n) is 6.95. The first-order chi connectivity index (χ1) is 17.8. The maximum absolute atomic E-state index is 14.2. The number of fused-ring (bicyclic) bond motifs is 1. The summed E-state index contributed by atoms with van der Waals surface area (Å²) in [4.78, 5) is 54.2. The fourth-order valence-corrected chi connectivity index (χ4v) is 6.48. The fraction of sp³-hybridized carbons (Fsp3) is 0.440. The number of amides is 2. The van der Waals surface area contributed by atoms with E-state index in [1.165, 1.54) is 22.3 Å². The lowest BCUT2D eigenvalue weighted by molar-refractivity contribution is -0.127. The van der Waals surface area contributed by atoms with Gasteiger partial charge in [0, 0.05) is 49.5 Å². The molecule has 5 rings (SSSR count). The van der Waals surface area contributed by atoms with Gasteiger partial charge in [-0.3, -0.25) is 23.5 Å². The Hall–Kier alpha value is -3.18. The molecule has 0 bridgehead atoms. The van der Waals surface area contributed by atoms with Crippen molar-refractivity contribution >= 4 is 45.0 Å². The molecule has 0 spiro atoms. The van der Waals surface area contributed by atoms with Crippen molar-refractivity contribution in [3.63, 3.8) is 0 Å². The Balaban J connectivity index is 1.68. The number of halogens is 2. The van der Waals surface area contributed by atoms with Crippen molar-refractivity contribution in [1.29, 1.82) is 0 Å². The van der Waals surface area contributed by atoms with Gasteiger partial charge in [0.1, 0.15) is 4.70 Å². The summed E-state index contributed by atoms with van der Waals surface area (Å²) in [6, 6.07) is 3.72. The standard InChI is InChI=1S/C25H26ClFN4O5S/c1-36-19-11-15(16(26)12-17(19)27)20-13-18-23(37-20)24(34)31(14-4-2-6-28-21(32)10-14)25(35)30(18)9-8-29-7-3-5-22(29)33/h11-14H,2-10H2,1H3,(H,28,32)/t14-/m1/s1. The van der Waals surface area contributed by atoms with Crippen molar-refractivity contribution in [2.24, 2.45) is 0 Å². The molecule has 1 N–H and O–H groups in total. The van der Waals surface area contributed by atoms with Gasteiger partial charge in [0.2, 0.25) is 11.8 Å². The molecular formula is C25H26ClFN4O5S. The zero-order chi connectivity index (χ0) is 26.3. The van der Waals surface area contributed by atoms with Crippen LogP contribution in [0.3, 0.4) is 0 Å². The third-order valence-corrected chi connectivity index (χ3v) is 8.41. The van der Waals surface area contributed by atoms with Crippen LogP contribution in [0.25, 0.3) is 20.7 Å². The molecule has 196 valence electrons. The number of likely N-dealkylation sites (tertiary alicyclic amines) is 1. The molecule has 2 fully saturated rings. The summed E-state index contributed by atoms with van der Waals surface area (Å²) in [7, 11) is 1.35. The van der Waals surface area contributed by atoms with Crippen LogP contribution in [-0.4, -0.2) is 52.6 Å². The lowest BCUT2D eigenvalue weighted by Crippen LogP contribution is -2.44. The fourth-order valence-electron chi connectivity index (χ4n) is 5.04. The monoisotopic (exact) mass is 548 g/mol. The number of nitrogens with zero attached hydrogens (tertiary/aromatic N) is 3. The first-order valence-corrected chi connectivity index (χ1v) is 13.3. The highest BCUT2D eigenvalue weighted by molar-refractivity contribution is 7.22. The summed E-state index contributed by atoms with van der Waals surface area (Å²) in [5, 5.41) is 2.93. The van der Waals surface area contributed by atoms with E-state index in [0.717, 1.165) is 23.8 Å². The van der Waals surface area contributed by atoms with Crippen molar-refractivity contribution in [3.05, 3.63) is 49.9 Å². The van der Waals surface area contributed by atoms with Gasteiger partial charge in [-0.1, -0.05) is 11.6 Å². The number of hydrogen-bond donors (Lipinski definition) is 1. The second-order valence-electron chi connectivity index (χ2n) is 9.24. The van der Waals surface area contributed by atoms with E-state index in [2.05, 4.69) is 5.32 Å². The largest absolute Gasteiger partial charge is 0.494 e. The van der Waals surface area contributed by atoms with Gasteiger partial charge in [-0.15, -0.1) is 11.3 Å². The molecule has 0 radical (unpaired) electrons. The molecule has 37 heavy (non-hydrogen) atoms. The topological polar surface area (TPSA) is 103 Å². The highest BCUT2D eigenvalue weighted by Crippen LogP contribution is 2.39. The Bertz CT molecular complexity index is 1510. The SMILES string of the molecule is COc1cc(-c2cc3c(s2)c(=O)n([C@@H]2CCCNC(=O)C2)c(=O)n3CCN2CCCC2=O)c(Cl)cc1F. The lowest BCUT2D eigenvalue weighted by Gasteiger charge is -2.20. The zero-order valence-electron chi connectivity index (χ0n) is 20.2. The second-order valence-corrected chi connectivity index (χ2v) is 10.7. The molecule has 2 saturated heterocycles. The lowest BCUT2D eigenvalue weighted by atomic mass is 10.1. The molecular weight excluding hydrogens is 523 g/mol. The maximum atomic E-state index is 14.2. The number of carbonyl (C=O) groups is 2. The molecule has 2 aliphatic heterocycles. The summed E-state index contributed by atoms with van der Waals surface area (Å²) in [5.74, 6) is -0.781. The van der Waals surface area contributed by atoms with Crippen molar-refractivity contribution in [1.82, 2.24) is 19.4 Å². The van der Waals surface area contributed by atoms with E-state index < -0.39 is 23.1 Å². The van der Waals surface area contributed by atoms with Crippen LogP contribution < -0.4 is 21.3 Å². The zero-order valence-corrected chi connectivity index (χ0v) is 21.8. The average molecular weight is 549 g/mol. The Kier molecular flexibility index (Phi) is 7.09. The number of thiophene rings is 1. The van der Waals surface area contributed by atoms with Crippen molar-refractivity contribution in [2.45, 2.75) is 44.7 Å². The van der Waals surface area contributed by atoms with Crippen LogP contribution in [-0.2, 0) is 16.1 Å². The maximum Gasteiger partial charge on any atom is 0.331 e. The van der Waals surface area contributed by atoms with Gasteiger partial charge in [-0.2, -0.15) is 0 Å². The van der Waals surface area contributed by atoms with E-state index in [0.29, 0.717) is 59.6 Å². The molecule has 9 nitrogen and oxygen atoms in total. The number of nitrogens with one attached hydrogen (secondary N) is 1. The third kappa shape index (κ3) is 4.77. The summed E-state index contributed by atoms with van der Waals surface area (Å²) < 4.78 is 22.3. The smallest absolute Gasteiger partial charge is 0.331 e. The Labute approximate surface area is 220 Å². The highest BCUT2D eigenvalue weighted by Gasteiger charge is 2.27. The predicted octanol–water partition coefficient (Wildman–Crippen LogP) is 3.16. The molecule has 3 aromatic rings. The minimum atomic E-state index is -0.612. The number of aromatic nitrogens is 2. The number of benzene rings is 1. The van der Waals surface area contributed by atoms with Crippen LogP contribution in [0.1, 0.15) is 38.1 Å². The molecule has 0 unspecified atom stereocenters. The molecule has 1 aromatic carbocycles. The summed E-state index contributed by atoms with van der Waals surface area (Å²) in [5.41, 5.74) is -0.115. The van der Waals surface area contributed by atoms with E-state index in [9.17, 15) is 23.6 Å². The number of carbonyl (C=O) groups excluding carboxylic acids is 2. The molecule has 2 amide bonds. The van der Waals surface area contributed by atoms with E-state index in [1.54, 1.807) is 11.0 Å². The summed E-state index contributed by atoms with van der Waals surface area (Å²) >= 11 is 7.50. The molecule has 2 aliphatic rings. The van der Waals surface area contributed by atoms with E-state index in [-0.39, 0.29) is 35.6 Å². The predicted molar refractivity (Wildman–Crippen MR) is 139 cm³/mol. The highest BCUT2D eigenvalue weighted by atomic mass is 35.5. The Morgan fingerprint density at radius 1 is 1.16 bits per heavy atom. The minimum Gasteiger partial charge on any atom is -0.494 e. The van der Waals surface area contributed by atoms with Crippen LogP contribution in [0.15, 0.2) is 27.8 Å². The summed E-state index contributed by atoms with van der Waals surface area (Å²) in [6.07, 6.45) is 2.43. The van der Waals surface area contributed by atoms with E-state index in [4.69, 9.17) is 16.3 Å². The van der Waals surface area contributed by atoms with Gasteiger partial charge in [-0.25, -0.2) is 9.18 Å². The molecule has 4 heterocycles. The first-order valence-electron chi connectivity index (χ1n) is 12.1. The first kappa shape index (κ1) is 25.5. The van der Waals surface area contributed by atoms with Gasteiger partial charge >= 0.3 is 5.69 Å². The van der Waals surface area contributed by atoms with Gasteiger partial charge in [-0.05, 0) is 37.5 Å². The number of rotatable bonds is 6. The minimum absolute atomic E-state index is 0.00340. The average Bonchev–Trinajstić information content (AvgIpc) is 3.42. The van der Waals surface area contributed by atoms with Crippen LogP contribution in [0.2, 0.25) is 5.02 Å². The van der Waals surface area contributed by atoms with Gasteiger partial charge < -0.3 is 15.0 Å². The second kappa shape index (κ2) is 10.3. The molecule has 1 atom stereocenters. The normalized spacial score (nSPS) is 18.4. The quantitative estimate of drug-likeness (QED) is 0.510. The van der Waals surface area contributed by atoms with E-state index >= 15 is 0 Å². The van der Waals surface area contributed by atoms with Crippen molar-refractivity contribution < 1.29 is 18.7 Å². The van der Waals surface area contributed by atoms with Crippen molar-refractivity contribution in [3.8, 4) is 16.2 Å². The van der Waals surface area contributed by atoms with Crippen LogP contribution >= 0.6 is 22.9 Å². The molecule has 12 heteroatoms. The van der Waals surface area contributed by atoms with Gasteiger partial charge in [0.05, 0.1) is 23.7 Å². The van der Waals surface area contributed by atoms with Crippen LogP contribution in [0.4, 0.5) is 4.39 Å². The van der Waals surface area contributed by atoms with Gasteiger partial charge in [0.25, 0.3) is 5.56 Å². The van der Waals surface area contributed by atoms with Crippen LogP contribution in [0.5, 0.6) is 5.75 Å². The van der Waals surface area contributed by atoms with Gasteiger partial charge in [0.15, 0.2) is 11.6 Å². The Morgan fingerprint density at radius 2 is 1.97 bits per heavy atom. The number of methoxy groups -OCH3 is 1. The molecule has 2 aromatic heterocycles. The Morgan fingerprint density at radius 3 is 2.70 bits per heavy atom. The van der Waals surface area contributed by atoms with E-state index in [1.807, 2.05) is 0 Å². The molecule has 0 aliphatic carbocycles. The molecule has 0 saturated carbocycles. The van der Waals surface area contributed by atoms with Crippen molar-refractivity contribution in [2.75, 3.05) is 26.7 Å². The summed E-state index contributed by atoms with van der Waals surface area (Å²) in [6.45, 7) is 1.63. The van der Waals surface area contributed by atoms with Crippen LogP contribution in [0, 0.1) is 5.82 Å².